The van der Waals surface area contributed by atoms with Crippen LogP contribution in [-0.4, -0.2) is 48.1 Å². The molecule has 5 rings (SSSR count). The Bertz CT molecular complexity index is 723. The first kappa shape index (κ1) is 14.7. The average Bonchev–Trinajstić information content (AvgIpc) is 3.16. The number of rotatable bonds is 2. The van der Waals surface area contributed by atoms with Crippen molar-refractivity contribution in [1.29, 1.82) is 0 Å². The molecule has 4 atom stereocenters. The second-order valence-electron chi connectivity index (χ2n) is 7.89. The molecule has 3 aliphatic heterocycles. The third-order valence-electron chi connectivity index (χ3n) is 6.42. The van der Waals surface area contributed by atoms with E-state index in [0.717, 1.165) is 24.3 Å². The van der Waals surface area contributed by atoms with Gasteiger partial charge >= 0.3 is 6.03 Å². The van der Waals surface area contributed by atoms with E-state index in [0.29, 0.717) is 11.5 Å². The molecule has 1 aliphatic carbocycles. The number of anilines is 1. The maximum Gasteiger partial charge on any atom is 0.322 e. The molecule has 0 bridgehead atoms. The van der Waals surface area contributed by atoms with Crippen molar-refractivity contribution in [3.05, 3.63) is 29.3 Å². The highest BCUT2D eigenvalue weighted by Crippen LogP contribution is 2.67. The fourth-order valence-corrected chi connectivity index (χ4v) is 5.02. The maximum absolute atomic E-state index is 12.3. The molecule has 2 amide bonds. The van der Waals surface area contributed by atoms with Crippen LogP contribution in [0.3, 0.4) is 0 Å². The molecule has 4 unspecified atom stereocenters. The van der Waals surface area contributed by atoms with E-state index in [9.17, 15) is 4.79 Å². The molecule has 2 spiro atoms. The van der Waals surface area contributed by atoms with Gasteiger partial charge in [0.25, 0.3) is 0 Å². The van der Waals surface area contributed by atoms with Crippen molar-refractivity contribution < 1.29 is 9.53 Å². The molecule has 6 heteroatoms. The number of fused-ring (bicyclic) bond motifs is 1. The molecule has 24 heavy (non-hydrogen) atoms. The summed E-state index contributed by atoms with van der Waals surface area (Å²) in [5.74, 6) is 0.639. The predicted octanol–water partition coefficient (Wildman–Crippen LogP) is 1.55. The van der Waals surface area contributed by atoms with E-state index in [-0.39, 0.29) is 11.6 Å². The fraction of sp³-hybridized carbons (Fsp3) is 0.611. The molecule has 128 valence electrons. The Morgan fingerprint density at radius 2 is 2.29 bits per heavy atom. The minimum absolute atomic E-state index is 0.103. The summed E-state index contributed by atoms with van der Waals surface area (Å²) in [7, 11) is 0. The van der Waals surface area contributed by atoms with E-state index in [1.54, 1.807) is 0 Å². The zero-order valence-electron chi connectivity index (χ0n) is 14.2. The summed E-state index contributed by atoms with van der Waals surface area (Å²) in [6.07, 6.45) is 2.16. The van der Waals surface area contributed by atoms with Crippen LogP contribution in [0.1, 0.15) is 24.0 Å². The van der Waals surface area contributed by atoms with E-state index in [4.69, 9.17) is 4.74 Å². The van der Waals surface area contributed by atoms with Gasteiger partial charge in [0, 0.05) is 36.8 Å². The van der Waals surface area contributed by atoms with Crippen molar-refractivity contribution in [2.45, 2.75) is 44.2 Å². The number of aryl methyl sites for hydroxylation is 2. The highest BCUT2D eigenvalue weighted by atomic mass is 16.6. The van der Waals surface area contributed by atoms with Gasteiger partial charge in [0.15, 0.2) is 6.35 Å². The van der Waals surface area contributed by atoms with Gasteiger partial charge in [-0.1, -0.05) is 17.7 Å². The second kappa shape index (κ2) is 4.71. The third kappa shape index (κ3) is 1.96. The molecule has 3 saturated heterocycles. The van der Waals surface area contributed by atoms with Crippen LogP contribution >= 0.6 is 0 Å². The number of benzene rings is 1. The van der Waals surface area contributed by atoms with E-state index in [1.807, 2.05) is 26.0 Å². The summed E-state index contributed by atoms with van der Waals surface area (Å²) in [4.78, 5) is 14.9. The molecular weight excluding hydrogens is 304 g/mol. The summed E-state index contributed by atoms with van der Waals surface area (Å²) in [6, 6.07) is 5.76. The first-order valence-electron chi connectivity index (χ1n) is 8.82. The van der Waals surface area contributed by atoms with E-state index in [2.05, 4.69) is 26.9 Å². The molecule has 3 heterocycles. The van der Waals surface area contributed by atoms with Gasteiger partial charge in [-0.3, -0.25) is 15.5 Å². The maximum atomic E-state index is 12.3. The summed E-state index contributed by atoms with van der Waals surface area (Å²) in [6.45, 7) is 7.07. The normalized spacial score (nSPS) is 39.2. The highest BCUT2D eigenvalue weighted by Gasteiger charge is 2.77. The lowest BCUT2D eigenvalue weighted by molar-refractivity contribution is -0.0575. The number of nitrogens with one attached hydrogen (secondary N) is 3. The number of nitrogens with zero attached hydrogens (tertiary/aromatic N) is 1. The minimum atomic E-state index is -0.410. The Labute approximate surface area is 141 Å². The molecule has 0 radical (unpaired) electrons. The van der Waals surface area contributed by atoms with Crippen molar-refractivity contribution in [3.8, 4) is 0 Å². The van der Waals surface area contributed by atoms with Crippen LogP contribution in [0.15, 0.2) is 18.2 Å². The Morgan fingerprint density at radius 1 is 1.42 bits per heavy atom. The lowest BCUT2D eigenvalue weighted by Gasteiger charge is -2.39. The fourth-order valence-electron chi connectivity index (χ4n) is 5.02. The Balaban J connectivity index is 1.21. The number of hydrogen-bond donors (Lipinski definition) is 3. The number of urea groups is 1. The zero-order chi connectivity index (χ0) is 16.5. The van der Waals surface area contributed by atoms with Crippen LogP contribution in [0, 0.1) is 19.8 Å². The van der Waals surface area contributed by atoms with Gasteiger partial charge in [-0.25, -0.2) is 4.79 Å². The van der Waals surface area contributed by atoms with E-state index in [1.165, 1.54) is 24.9 Å². The number of ether oxygens (including phenoxy) is 1. The first-order chi connectivity index (χ1) is 11.5. The van der Waals surface area contributed by atoms with Gasteiger partial charge in [0.1, 0.15) is 5.60 Å². The summed E-state index contributed by atoms with van der Waals surface area (Å²) >= 11 is 0. The van der Waals surface area contributed by atoms with Crippen molar-refractivity contribution >= 4 is 11.7 Å². The van der Waals surface area contributed by atoms with Crippen molar-refractivity contribution in [2.24, 2.45) is 5.92 Å². The van der Waals surface area contributed by atoms with E-state index >= 15 is 0 Å². The van der Waals surface area contributed by atoms with Crippen LogP contribution in [0.2, 0.25) is 0 Å². The lowest BCUT2D eigenvalue weighted by atomic mass is 9.98. The van der Waals surface area contributed by atoms with Gasteiger partial charge in [0.2, 0.25) is 0 Å². The second-order valence-corrected chi connectivity index (χ2v) is 7.89. The van der Waals surface area contributed by atoms with Crippen LogP contribution < -0.4 is 16.0 Å². The van der Waals surface area contributed by atoms with Crippen molar-refractivity contribution in [1.82, 2.24) is 15.5 Å². The van der Waals surface area contributed by atoms with Crippen LogP contribution in [0.4, 0.5) is 10.5 Å². The monoisotopic (exact) mass is 328 g/mol. The molecule has 1 aromatic carbocycles. The number of carbonyl (C=O) groups excluding carboxylic acids is 1. The zero-order valence-corrected chi connectivity index (χ0v) is 14.2. The predicted molar refractivity (Wildman–Crippen MR) is 90.7 cm³/mol. The summed E-state index contributed by atoms with van der Waals surface area (Å²) in [5.41, 5.74) is 3.43. The minimum Gasteiger partial charge on any atom is -0.335 e. The highest BCUT2D eigenvalue weighted by molar-refractivity contribution is 5.90. The number of carbonyl (C=O) groups is 1. The van der Waals surface area contributed by atoms with Gasteiger partial charge in [-0.2, -0.15) is 0 Å². The van der Waals surface area contributed by atoms with Crippen LogP contribution in [-0.2, 0) is 4.74 Å². The molecule has 4 fully saturated rings. The molecular formula is C18H24N4O2. The largest absolute Gasteiger partial charge is 0.335 e. The van der Waals surface area contributed by atoms with Crippen molar-refractivity contribution in [2.75, 3.05) is 25.0 Å². The molecule has 4 aliphatic rings. The van der Waals surface area contributed by atoms with Gasteiger partial charge < -0.3 is 10.1 Å². The standard InChI is InChI=1S/C18H24N4O2/c1-11-3-4-13(12(2)7-11)20-15(23)21-16-19-9-18(24-16)10-22-6-5-17(22)8-14(17)18/h3-4,7,14,16,19H,5-6,8-10H2,1-2H3,(H2,20,21,23). The third-order valence-corrected chi connectivity index (χ3v) is 6.42. The molecule has 6 nitrogen and oxygen atoms in total. The SMILES string of the molecule is Cc1ccc(NC(=O)NC2NCC3(CN4CCC45CC35)O2)c(C)c1. The van der Waals surface area contributed by atoms with Crippen LogP contribution in [0.5, 0.6) is 0 Å². The summed E-state index contributed by atoms with van der Waals surface area (Å²) < 4.78 is 6.27. The van der Waals surface area contributed by atoms with Gasteiger partial charge in [-0.05, 0) is 38.3 Å². The van der Waals surface area contributed by atoms with Crippen LogP contribution in [0.25, 0.3) is 0 Å². The number of piperidine rings is 1. The summed E-state index contributed by atoms with van der Waals surface area (Å²) in [5, 5.41) is 9.15. The molecule has 1 aromatic rings. The topological polar surface area (TPSA) is 65.6 Å². The Hall–Kier alpha value is -1.63. The first-order valence-corrected chi connectivity index (χ1v) is 8.82. The Kier molecular flexibility index (Phi) is 2.89. The van der Waals surface area contributed by atoms with E-state index < -0.39 is 6.35 Å². The smallest absolute Gasteiger partial charge is 0.322 e. The number of hydrogen-bond acceptors (Lipinski definition) is 4. The average molecular weight is 328 g/mol. The lowest BCUT2D eigenvalue weighted by Crippen LogP contribution is -2.49. The van der Waals surface area contributed by atoms with Crippen molar-refractivity contribution in [3.63, 3.8) is 0 Å². The molecule has 1 saturated carbocycles. The Morgan fingerprint density at radius 3 is 2.92 bits per heavy atom. The quantitative estimate of drug-likeness (QED) is 0.771. The molecule has 0 aromatic heterocycles. The number of amides is 2. The molecule has 3 N–H and O–H groups in total. The van der Waals surface area contributed by atoms with Gasteiger partial charge in [-0.15, -0.1) is 0 Å². The van der Waals surface area contributed by atoms with Gasteiger partial charge in [0.05, 0.1) is 0 Å².